The van der Waals surface area contributed by atoms with E-state index in [1.54, 1.807) is 18.2 Å². The van der Waals surface area contributed by atoms with Crippen molar-refractivity contribution in [2.45, 2.75) is 125 Å². The number of nitrogens with zero attached hydrogens (tertiary/aromatic N) is 2. The summed E-state index contributed by atoms with van der Waals surface area (Å²) in [5, 5.41) is 8.85. The fourth-order valence-electron chi connectivity index (χ4n) is 12.7. The van der Waals surface area contributed by atoms with Crippen molar-refractivity contribution in [1.29, 1.82) is 0 Å². The summed E-state index contributed by atoms with van der Waals surface area (Å²) in [7, 11) is 0. The molecule has 3 saturated heterocycles. The first kappa shape index (κ1) is 43.1. The second kappa shape index (κ2) is 16.9. The Labute approximate surface area is 375 Å². The molecule has 0 aromatic heterocycles. The maximum atomic E-state index is 16.1. The summed E-state index contributed by atoms with van der Waals surface area (Å²) in [6.07, 6.45) is 8.15. The zero-order valence-corrected chi connectivity index (χ0v) is 36.2. The highest BCUT2D eigenvalue weighted by Gasteiger charge is 2.72. The van der Waals surface area contributed by atoms with Crippen LogP contribution in [0.25, 0.3) is 0 Å². The first-order valence-electron chi connectivity index (χ1n) is 23.3. The number of carbonyl (C=O) groups is 6. The molecule has 5 fully saturated rings. The predicted octanol–water partition coefficient (Wildman–Crippen LogP) is 6.57. The second-order valence-electron chi connectivity index (χ2n) is 19.3. The molecular formula is C51H52F3N5O6. The third-order valence-electron chi connectivity index (χ3n) is 15.9. The van der Waals surface area contributed by atoms with Crippen LogP contribution in [0.5, 0.6) is 0 Å². The van der Waals surface area contributed by atoms with Crippen LogP contribution in [0.4, 0.5) is 18.9 Å². The molecule has 5 aliphatic heterocycles. The van der Waals surface area contributed by atoms with E-state index in [1.165, 1.54) is 29.2 Å². The fourth-order valence-corrected chi connectivity index (χ4v) is 12.7. The molecule has 0 radical (unpaired) electrons. The fraction of sp³-hybridized carbons (Fsp3) is 0.490. The highest BCUT2D eigenvalue weighted by molar-refractivity contribution is 6.10. The van der Waals surface area contributed by atoms with Crippen LogP contribution in [0.2, 0.25) is 0 Å². The number of Topliss-reactive ketones (excluding diaryl/α,β-unsaturated/α-hetero) is 1. The number of hydrogen-bond acceptors (Lipinski definition) is 7. The molecule has 338 valence electrons. The van der Waals surface area contributed by atoms with Gasteiger partial charge in [-0.1, -0.05) is 55.4 Å². The molecule has 2 aliphatic carbocycles. The number of rotatable bonds is 6. The van der Waals surface area contributed by atoms with Gasteiger partial charge in [-0.2, -0.15) is 0 Å². The summed E-state index contributed by atoms with van der Waals surface area (Å²) in [5.74, 6) is 1.20. The number of piperidine rings is 2. The van der Waals surface area contributed by atoms with Gasteiger partial charge in [0, 0.05) is 72.6 Å². The molecule has 0 bridgehead atoms. The van der Waals surface area contributed by atoms with E-state index in [-0.39, 0.29) is 78.3 Å². The average Bonchev–Trinajstić information content (AvgIpc) is 3.90. The standard InChI is InChI=1S/C51H52F3N5O6/c52-33-16-17-37-39(27-33)55-49(65)51(37)43(35-8-5-9-38(53)44(35)54)45(57-50(51)22-2-1-3-23-50)41(60)26-30-11-14-32(15-12-30)47(63)58-24-20-29(21-25-58)10-13-31-6-4-7-34-36(31)28-59(48(34)64)40-18-19-42(61)56-46(40)62/h4-9,16-17,27,29-30,32,40,43,45,57H,1-3,11-12,14-15,18-26,28H2,(H,55,65)(H,56,61,62)/t30?,32?,40?,43-,45-,51+/m0/s1. The van der Waals surface area contributed by atoms with Gasteiger partial charge in [-0.05, 0) is 111 Å². The first-order valence-corrected chi connectivity index (χ1v) is 23.3. The Morgan fingerprint density at radius 3 is 2.34 bits per heavy atom. The van der Waals surface area contributed by atoms with Gasteiger partial charge in [0.25, 0.3) is 5.91 Å². The number of likely N-dealkylation sites (tertiary alicyclic amines) is 1. The quantitative estimate of drug-likeness (QED) is 0.188. The topological polar surface area (TPSA) is 145 Å². The molecular weight excluding hydrogens is 836 g/mol. The average molecular weight is 888 g/mol. The number of ketones is 1. The van der Waals surface area contributed by atoms with E-state index in [0.29, 0.717) is 75.6 Å². The lowest BCUT2D eigenvalue weighted by atomic mass is 9.55. The lowest BCUT2D eigenvalue weighted by molar-refractivity contribution is -0.138. The molecule has 14 heteroatoms. The summed E-state index contributed by atoms with van der Waals surface area (Å²) in [6, 6.07) is 11.7. The summed E-state index contributed by atoms with van der Waals surface area (Å²) in [4.78, 5) is 84.1. The van der Waals surface area contributed by atoms with Gasteiger partial charge < -0.3 is 15.1 Å². The van der Waals surface area contributed by atoms with E-state index >= 15 is 8.78 Å². The monoisotopic (exact) mass is 887 g/mol. The molecule has 3 N–H and O–H groups in total. The SMILES string of the molecule is O=C1CCC(N2Cc3c(C#CC4CCN(C(=O)C5CCC(CC(=O)[C@@H]6NC7(CCCCC7)[C@@]7(C(=O)Nc8cc(F)ccc87)[C@H]6c6cccc(F)c6F)CC5)CC4)cccc3C2=O)C(=O)N1. The van der Waals surface area contributed by atoms with Crippen LogP contribution < -0.4 is 16.0 Å². The van der Waals surface area contributed by atoms with Crippen LogP contribution in [0, 0.1) is 47.0 Å². The van der Waals surface area contributed by atoms with Crippen molar-refractivity contribution < 1.29 is 41.9 Å². The van der Waals surface area contributed by atoms with Gasteiger partial charge in [0.2, 0.25) is 23.6 Å². The minimum atomic E-state index is -1.49. The van der Waals surface area contributed by atoms with Crippen molar-refractivity contribution in [2.24, 2.45) is 17.8 Å². The highest BCUT2D eigenvalue weighted by Crippen LogP contribution is 2.63. The number of imide groups is 1. The number of fused-ring (bicyclic) bond motifs is 4. The molecule has 5 amide bonds. The maximum absolute atomic E-state index is 16.1. The lowest BCUT2D eigenvalue weighted by Gasteiger charge is -2.47. The van der Waals surface area contributed by atoms with E-state index in [1.807, 2.05) is 11.0 Å². The maximum Gasteiger partial charge on any atom is 0.255 e. The molecule has 5 heterocycles. The van der Waals surface area contributed by atoms with Gasteiger partial charge in [-0.15, -0.1) is 0 Å². The van der Waals surface area contributed by atoms with Crippen LogP contribution in [-0.4, -0.2) is 75.8 Å². The third-order valence-corrected chi connectivity index (χ3v) is 15.9. The number of halogens is 3. The summed E-state index contributed by atoms with van der Waals surface area (Å²) in [6.45, 7) is 1.40. The Kier molecular flexibility index (Phi) is 11.2. The van der Waals surface area contributed by atoms with Crippen LogP contribution in [0.3, 0.4) is 0 Å². The smallest absolute Gasteiger partial charge is 0.255 e. The van der Waals surface area contributed by atoms with E-state index in [2.05, 4.69) is 27.8 Å². The Bertz CT molecular complexity index is 2570. The van der Waals surface area contributed by atoms with Crippen molar-refractivity contribution in [2.75, 3.05) is 18.4 Å². The van der Waals surface area contributed by atoms with Crippen molar-refractivity contribution in [1.82, 2.24) is 20.4 Å². The van der Waals surface area contributed by atoms with Crippen LogP contribution in [0.15, 0.2) is 54.6 Å². The van der Waals surface area contributed by atoms with Gasteiger partial charge in [-0.3, -0.25) is 39.4 Å². The first-order chi connectivity index (χ1) is 31.4. The Balaban J connectivity index is 0.787. The van der Waals surface area contributed by atoms with E-state index in [4.69, 9.17) is 0 Å². The normalized spacial score (nSPS) is 28.4. The predicted molar refractivity (Wildman–Crippen MR) is 232 cm³/mol. The lowest BCUT2D eigenvalue weighted by Crippen LogP contribution is -2.60. The molecule has 4 atom stereocenters. The van der Waals surface area contributed by atoms with Crippen molar-refractivity contribution in [3.63, 3.8) is 0 Å². The Hall–Kier alpha value is -5.81. The second-order valence-corrected chi connectivity index (χ2v) is 19.3. The molecule has 2 saturated carbocycles. The van der Waals surface area contributed by atoms with Crippen molar-refractivity contribution in [3.05, 3.63) is 99.9 Å². The summed E-state index contributed by atoms with van der Waals surface area (Å²) >= 11 is 0. The van der Waals surface area contributed by atoms with E-state index in [9.17, 15) is 33.2 Å². The van der Waals surface area contributed by atoms with Crippen LogP contribution in [0.1, 0.15) is 128 Å². The van der Waals surface area contributed by atoms with Crippen LogP contribution in [-0.2, 0) is 35.9 Å². The number of anilines is 1. The highest BCUT2D eigenvalue weighted by atomic mass is 19.2. The number of amides is 5. The third kappa shape index (κ3) is 7.25. The summed E-state index contributed by atoms with van der Waals surface area (Å²) < 4.78 is 45.8. The van der Waals surface area contributed by atoms with E-state index < -0.39 is 58.2 Å². The number of benzene rings is 3. The summed E-state index contributed by atoms with van der Waals surface area (Å²) in [5.41, 5.74) is 0.325. The zero-order valence-electron chi connectivity index (χ0n) is 36.2. The molecule has 2 spiro atoms. The number of nitrogens with one attached hydrogen (secondary N) is 3. The Morgan fingerprint density at radius 1 is 0.831 bits per heavy atom. The van der Waals surface area contributed by atoms with E-state index in [0.717, 1.165) is 36.5 Å². The van der Waals surface area contributed by atoms with Crippen molar-refractivity contribution in [3.8, 4) is 11.8 Å². The molecule has 65 heavy (non-hydrogen) atoms. The van der Waals surface area contributed by atoms with Gasteiger partial charge in [-0.25, -0.2) is 13.2 Å². The molecule has 7 aliphatic rings. The molecule has 1 unspecified atom stereocenters. The zero-order chi connectivity index (χ0) is 45.2. The molecule has 11 nitrogen and oxygen atoms in total. The van der Waals surface area contributed by atoms with Gasteiger partial charge in [0.1, 0.15) is 17.3 Å². The molecule has 3 aromatic rings. The largest absolute Gasteiger partial charge is 0.342 e. The van der Waals surface area contributed by atoms with Crippen LogP contribution >= 0.6 is 0 Å². The molecule has 3 aromatic carbocycles. The minimum Gasteiger partial charge on any atom is -0.342 e. The van der Waals surface area contributed by atoms with Crippen molar-refractivity contribution >= 4 is 41.0 Å². The Morgan fingerprint density at radius 2 is 1.58 bits per heavy atom. The van der Waals surface area contributed by atoms with Gasteiger partial charge in [0.05, 0.1) is 6.04 Å². The number of hydrogen-bond donors (Lipinski definition) is 3. The van der Waals surface area contributed by atoms with Gasteiger partial charge in [0.15, 0.2) is 17.4 Å². The minimum absolute atomic E-state index is 0.0316. The van der Waals surface area contributed by atoms with Gasteiger partial charge >= 0.3 is 0 Å². The number of carbonyl (C=O) groups excluding carboxylic acids is 6. The molecule has 10 rings (SSSR count).